The minimum atomic E-state index is -0.353. The van der Waals surface area contributed by atoms with E-state index in [0.717, 1.165) is 38.8 Å². The minimum Gasteiger partial charge on any atom is -0.445 e. The summed E-state index contributed by atoms with van der Waals surface area (Å²) in [5.74, 6) is 0.761. The van der Waals surface area contributed by atoms with Gasteiger partial charge in [0.15, 0.2) is 11.6 Å². The smallest absolute Gasteiger partial charge is 0.276 e. The third kappa shape index (κ3) is 3.66. The number of amides is 2. The standard InChI is InChI=1S/C21H24FN3O3/c1-14-18(21(27)24-10-2-3-11-24)23-19(28-14)15-8-12-25(13-9-15)20(26)16-4-6-17(22)7-5-16/h4-7,15H,2-3,8-13H2,1H3. The molecule has 0 unspecified atom stereocenters. The third-order valence-electron chi connectivity index (χ3n) is 5.63. The number of halogens is 1. The summed E-state index contributed by atoms with van der Waals surface area (Å²) in [5.41, 5.74) is 0.909. The van der Waals surface area contributed by atoms with Crippen LogP contribution in [0, 0.1) is 12.7 Å². The number of likely N-dealkylation sites (tertiary alicyclic amines) is 2. The molecule has 3 heterocycles. The summed E-state index contributed by atoms with van der Waals surface area (Å²) >= 11 is 0. The van der Waals surface area contributed by atoms with Gasteiger partial charge in [0.25, 0.3) is 11.8 Å². The Hall–Kier alpha value is -2.70. The Bertz CT molecular complexity index is 864. The number of aryl methyl sites for hydroxylation is 1. The van der Waals surface area contributed by atoms with Crippen LogP contribution < -0.4 is 0 Å². The summed E-state index contributed by atoms with van der Waals surface area (Å²) in [5, 5.41) is 0. The maximum Gasteiger partial charge on any atom is 0.276 e. The van der Waals surface area contributed by atoms with Crippen molar-refractivity contribution >= 4 is 11.8 Å². The number of carbonyl (C=O) groups excluding carboxylic acids is 2. The van der Waals surface area contributed by atoms with Gasteiger partial charge in [0.2, 0.25) is 0 Å². The molecule has 0 bridgehead atoms. The van der Waals surface area contributed by atoms with Gasteiger partial charge in [-0.15, -0.1) is 0 Å². The molecule has 2 saturated heterocycles. The summed E-state index contributed by atoms with van der Waals surface area (Å²) in [6.45, 7) is 4.51. The Kier molecular flexibility index (Phi) is 5.15. The van der Waals surface area contributed by atoms with Gasteiger partial charge in [0.05, 0.1) is 0 Å². The van der Waals surface area contributed by atoms with Crippen LogP contribution in [0.1, 0.15) is 64.1 Å². The number of benzene rings is 1. The van der Waals surface area contributed by atoms with Crippen LogP contribution in [0.25, 0.3) is 0 Å². The van der Waals surface area contributed by atoms with Crippen LogP contribution in [0.2, 0.25) is 0 Å². The molecule has 148 valence electrons. The highest BCUT2D eigenvalue weighted by molar-refractivity contribution is 5.94. The Balaban J connectivity index is 1.40. The zero-order valence-corrected chi connectivity index (χ0v) is 16.0. The number of carbonyl (C=O) groups is 2. The van der Waals surface area contributed by atoms with Gasteiger partial charge in [0.1, 0.15) is 11.6 Å². The first kappa shape index (κ1) is 18.7. The summed E-state index contributed by atoms with van der Waals surface area (Å²) in [7, 11) is 0. The van der Waals surface area contributed by atoms with E-state index in [4.69, 9.17) is 4.42 Å². The molecule has 2 fully saturated rings. The lowest BCUT2D eigenvalue weighted by molar-refractivity contribution is 0.0705. The summed E-state index contributed by atoms with van der Waals surface area (Å²) in [6, 6.07) is 5.62. The lowest BCUT2D eigenvalue weighted by Gasteiger charge is -2.30. The van der Waals surface area contributed by atoms with E-state index in [1.165, 1.54) is 24.3 Å². The van der Waals surface area contributed by atoms with Crippen LogP contribution in [0.4, 0.5) is 4.39 Å². The molecular weight excluding hydrogens is 361 g/mol. The molecule has 7 heteroatoms. The van der Waals surface area contributed by atoms with Crippen LogP contribution in [0.15, 0.2) is 28.7 Å². The Morgan fingerprint density at radius 1 is 1.00 bits per heavy atom. The van der Waals surface area contributed by atoms with Gasteiger partial charge in [0, 0.05) is 37.7 Å². The van der Waals surface area contributed by atoms with Crippen molar-refractivity contribution in [2.75, 3.05) is 26.2 Å². The molecule has 2 aliphatic heterocycles. The first-order chi connectivity index (χ1) is 13.5. The van der Waals surface area contributed by atoms with E-state index in [0.29, 0.717) is 36.0 Å². The number of oxazole rings is 1. The largest absolute Gasteiger partial charge is 0.445 e. The number of nitrogens with zero attached hydrogens (tertiary/aromatic N) is 3. The number of rotatable bonds is 3. The van der Waals surface area contributed by atoms with E-state index in [2.05, 4.69) is 4.98 Å². The number of piperidine rings is 1. The molecule has 28 heavy (non-hydrogen) atoms. The fourth-order valence-corrected chi connectivity index (χ4v) is 3.96. The second-order valence-corrected chi connectivity index (χ2v) is 7.53. The van der Waals surface area contributed by atoms with Gasteiger partial charge in [-0.05, 0) is 56.9 Å². The van der Waals surface area contributed by atoms with Crippen LogP contribution >= 0.6 is 0 Å². The van der Waals surface area contributed by atoms with Crippen molar-refractivity contribution in [2.45, 2.75) is 38.5 Å². The highest BCUT2D eigenvalue weighted by atomic mass is 19.1. The molecule has 4 rings (SSSR count). The van der Waals surface area contributed by atoms with Crippen molar-refractivity contribution in [3.05, 3.63) is 53.0 Å². The van der Waals surface area contributed by atoms with Crippen molar-refractivity contribution in [1.29, 1.82) is 0 Å². The van der Waals surface area contributed by atoms with Crippen molar-refractivity contribution < 1.29 is 18.4 Å². The first-order valence-electron chi connectivity index (χ1n) is 9.84. The number of hydrogen-bond donors (Lipinski definition) is 0. The highest BCUT2D eigenvalue weighted by Gasteiger charge is 2.30. The molecule has 0 aliphatic carbocycles. The van der Waals surface area contributed by atoms with Crippen LogP contribution in [0.3, 0.4) is 0 Å². The Morgan fingerprint density at radius 3 is 2.25 bits per heavy atom. The van der Waals surface area contributed by atoms with Crippen LogP contribution in [-0.4, -0.2) is 52.8 Å². The molecular formula is C21H24FN3O3. The van der Waals surface area contributed by atoms with Crippen LogP contribution in [-0.2, 0) is 0 Å². The van der Waals surface area contributed by atoms with E-state index < -0.39 is 0 Å². The fourth-order valence-electron chi connectivity index (χ4n) is 3.96. The van der Waals surface area contributed by atoms with Gasteiger partial charge in [-0.2, -0.15) is 0 Å². The SMILES string of the molecule is Cc1oc(C2CCN(C(=O)c3ccc(F)cc3)CC2)nc1C(=O)N1CCCC1. The Morgan fingerprint density at radius 2 is 1.61 bits per heavy atom. The second-order valence-electron chi connectivity index (χ2n) is 7.53. The monoisotopic (exact) mass is 385 g/mol. The number of hydrogen-bond acceptors (Lipinski definition) is 4. The molecule has 0 N–H and O–H groups in total. The molecule has 6 nitrogen and oxygen atoms in total. The number of aromatic nitrogens is 1. The summed E-state index contributed by atoms with van der Waals surface area (Å²) < 4.78 is 18.9. The predicted molar refractivity (Wildman–Crippen MR) is 101 cm³/mol. The van der Waals surface area contributed by atoms with Crippen molar-refractivity contribution in [1.82, 2.24) is 14.8 Å². The molecule has 1 aromatic heterocycles. The second kappa shape index (κ2) is 7.73. The van der Waals surface area contributed by atoms with Crippen molar-refractivity contribution in [2.24, 2.45) is 0 Å². The molecule has 0 atom stereocenters. The molecule has 2 amide bonds. The molecule has 0 saturated carbocycles. The van der Waals surface area contributed by atoms with Crippen molar-refractivity contribution in [3.8, 4) is 0 Å². The Labute approximate surface area is 163 Å². The predicted octanol–water partition coefficient (Wildman–Crippen LogP) is 3.38. The fraction of sp³-hybridized carbons (Fsp3) is 0.476. The lowest BCUT2D eigenvalue weighted by atomic mass is 9.96. The lowest BCUT2D eigenvalue weighted by Crippen LogP contribution is -2.38. The normalized spacial score (nSPS) is 17.9. The summed E-state index contributed by atoms with van der Waals surface area (Å²) in [4.78, 5) is 33.3. The zero-order valence-electron chi connectivity index (χ0n) is 16.0. The van der Waals surface area contributed by atoms with E-state index >= 15 is 0 Å². The average molecular weight is 385 g/mol. The maximum absolute atomic E-state index is 13.1. The first-order valence-corrected chi connectivity index (χ1v) is 9.84. The van der Waals surface area contributed by atoms with Gasteiger partial charge < -0.3 is 14.2 Å². The molecule has 1 aromatic carbocycles. The molecule has 2 aliphatic rings. The zero-order chi connectivity index (χ0) is 19.7. The van der Waals surface area contributed by atoms with Gasteiger partial charge >= 0.3 is 0 Å². The maximum atomic E-state index is 13.1. The van der Waals surface area contributed by atoms with Crippen molar-refractivity contribution in [3.63, 3.8) is 0 Å². The van der Waals surface area contributed by atoms with Crippen LogP contribution in [0.5, 0.6) is 0 Å². The molecule has 2 aromatic rings. The molecule has 0 spiro atoms. The van der Waals surface area contributed by atoms with E-state index in [1.807, 2.05) is 4.90 Å². The van der Waals surface area contributed by atoms with Gasteiger partial charge in [-0.1, -0.05) is 0 Å². The topological polar surface area (TPSA) is 66.7 Å². The molecule has 0 radical (unpaired) electrons. The minimum absolute atomic E-state index is 0.0473. The van der Waals surface area contributed by atoms with Gasteiger partial charge in [-0.25, -0.2) is 9.37 Å². The summed E-state index contributed by atoms with van der Waals surface area (Å²) in [6.07, 6.45) is 3.53. The van der Waals surface area contributed by atoms with E-state index in [1.54, 1.807) is 11.8 Å². The quantitative estimate of drug-likeness (QED) is 0.812. The van der Waals surface area contributed by atoms with E-state index in [9.17, 15) is 14.0 Å². The third-order valence-corrected chi connectivity index (χ3v) is 5.63. The highest BCUT2D eigenvalue weighted by Crippen LogP contribution is 2.30. The average Bonchev–Trinajstić information content (AvgIpc) is 3.38. The van der Waals surface area contributed by atoms with E-state index in [-0.39, 0.29) is 23.5 Å². The van der Waals surface area contributed by atoms with Gasteiger partial charge in [-0.3, -0.25) is 9.59 Å².